The van der Waals surface area contributed by atoms with E-state index in [2.05, 4.69) is 20.0 Å². The molecule has 106 valence electrons. The predicted molar refractivity (Wildman–Crippen MR) is 82.0 cm³/mol. The minimum Gasteiger partial charge on any atom is -0.356 e. The third kappa shape index (κ3) is 4.31. The van der Waals surface area contributed by atoms with E-state index in [1.807, 2.05) is 38.1 Å². The number of amides is 1. The molecule has 0 spiro atoms. The van der Waals surface area contributed by atoms with Gasteiger partial charge in [-0.3, -0.25) is 4.79 Å². The molecule has 2 aromatic rings. The van der Waals surface area contributed by atoms with Crippen LogP contribution in [0, 0.1) is 6.92 Å². The van der Waals surface area contributed by atoms with Crippen LogP contribution in [0.25, 0.3) is 0 Å². The lowest BCUT2D eigenvalue weighted by Crippen LogP contribution is -2.11. The minimum absolute atomic E-state index is 0.0531. The molecule has 0 saturated carbocycles. The lowest BCUT2D eigenvalue weighted by molar-refractivity contribution is -0.116. The van der Waals surface area contributed by atoms with Crippen LogP contribution < -0.4 is 10.6 Å². The van der Waals surface area contributed by atoms with Crippen LogP contribution in [0.3, 0.4) is 0 Å². The van der Waals surface area contributed by atoms with E-state index in [0.717, 1.165) is 28.6 Å². The Bertz CT molecular complexity index is 582. The van der Waals surface area contributed by atoms with Gasteiger partial charge < -0.3 is 10.6 Å². The van der Waals surface area contributed by atoms with Crippen molar-refractivity contribution in [2.45, 2.75) is 33.2 Å². The van der Waals surface area contributed by atoms with Crippen LogP contribution in [0.2, 0.25) is 0 Å². The molecular weight excluding hydrogens is 272 g/mol. The molecule has 0 saturated heterocycles. The van der Waals surface area contributed by atoms with E-state index in [-0.39, 0.29) is 5.91 Å². The van der Waals surface area contributed by atoms with Gasteiger partial charge in [0.15, 0.2) is 0 Å². The summed E-state index contributed by atoms with van der Waals surface area (Å²) >= 11 is 1.35. The summed E-state index contributed by atoms with van der Waals surface area (Å²) in [5.41, 5.74) is 1.92. The lowest BCUT2D eigenvalue weighted by atomic mass is 10.2. The average Bonchev–Trinajstić information content (AvgIpc) is 2.83. The summed E-state index contributed by atoms with van der Waals surface area (Å²) in [7, 11) is 0. The van der Waals surface area contributed by atoms with Crippen LogP contribution >= 0.6 is 11.5 Å². The normalized spacial score (nSPS) is 10.3. The van der Waals surface area contributed by atoms with E-state index in [9.17, 15) is 4.79 Å². The number of nitrogens with zero attached hydrogens (tertiary/aromatic N) is 2. The number of carbonyl (C=O) groups is 1. The Kier molecular flexibility index (Phi) is 5.06. The molecule has 1 amide bonds. The van der Waals surface area contributed by atoms with Gasteiger partial charge in [-0.25, -0.2) is 4.98 Å². The highest BCUT2D eigenvalue weighted by Gasteiger charge is 2.03. The van der Waals surface area contributed by atoms with Gasteiger partial charge in [0.2, 0.25) is 11.0 Å². The molecule has 0 bridgehead atoms. The van der Waals surface area contributed by atoms with Crippen LogP contribution in [-0.2, 0) is 11.3 Å². The molecule has 0 aliphatic rings. The first-order valence-electron chi connectivity index (χ1n) is 6.60. The monoisotopic (exact) mass is 290 g/mol. The smallest absolute Gasteiger partial charge is 0.224 e. The minimum atomic E-state index is 0.0531. The highest BCUT2D eigenvalue weighted by Crippen LogP contribution is 2.15. The van der Waals surface area contributed by atoms with Gasteiger partial charge in [-0.15, -0.1) is 0 Å². The first-order valence-corrected chi connectivity index (χ1v) is 7.37. The van der Waals surface area contributed by atoms with Gasteiger partial charge in [-0.2, -0.15) is 4.37 Å². The Morgan fingerprint density at radius 2 is 2.25 bits per heavy atom. The zero-order valence-electron chi connectivity index (χ0n) is 11.6. The fraction of sp³-hybridized carbons (Fsp3) is 0.357. The Labute approximate surface area is 122 Å². The quantitative estimate of drug-likeness (QED) is 0.857. The van der Waals surface area contributed by atoms with Gasteiger partial charge in [0.25, 0.3) is 0 Å². The fourth-order valence-corrected chi connectivity index (χ4v) is 2.33. The number of hydrogen-bond donors (Lipinski definition) is 2. The standard InChI is InChI=1S/C14H18N4OS/c1-3-5-13(19)17-12-7-4-6-11(8-12)9-15-14-16-10(2)18-20-14/h4,6-8H,3,5,9H2,1-2H3,(H,17,19)(H,15,16,18). The van der Waals surface area contributed by atoms with E-state index in [1.54, 1.807) is 0 Å². The van der Waals surface area contributed by atoms with Crippen molar-refractivity contribution in [1.82, 2.24) is 9.36 Å². The summed E-state index contributed by atoms with van der Waals surface area (Å²) in [6, 6.07) is 7.81. The molecule has 5 nitrogen and oxygen atoms in total. The maximum Gasteiger partial charge on any atom is 0.224 e. The van der Waals surface area contributed by atoms with E-state index < -0.39 is 0 Å². The molecule has 1 aromatic carbocycles. The van der Waals surface area contributed by atoms with Gasteiger partial charge in [-0.05, 0) is 31.0 Å². The van der Waals surface area contributed by atoms with Crippen molar-refractivity contribution in [2.24, 2.45) is 0 Å². The second kappa shape index (κ2) is 7.00. The largest absolute Gasteiger partial charge is 0.356 e. The lowest BCUT2D eigenvalue weighted by Gasteiger charge is -2.07. The van der Waals surface area contributed by atoms with Gasteiger partial charge in [-0.1, -0.05) is 19.1 Å². The molecule has 0 aliphatic heterocycles. The summed E-state index contributed by atoms with van der Waals surface area (Å²) in [6.45, 7) is 4.52. The van der Waals surface area contributed by atoms with Crippen molar-refractivity contribution in [3.05, 3.63) is 35.7 Å². The van der Waals surface area contributed by atoms with Gasteiger partial charge in [0, 0.05) is 30.2 Å². The Morgan fingerprint density at radius 1 is 1.40 bits per heavy atom. The van der Waals surface area contributed by atoms with Crippen molar-refractivity contribution < 1.29 is 4.79 Å². The number of carbonyl (C=O) groups excluding carboxylic acids is 1. The third-order valence-corrected chi connectivity index (χ3v) is 3.42. The van der Waals surface area contributed by atoms with Crippen molar-refractivity contribution in [3.8, 4) is 0 Å². The summed E-state index contributed by atoms with van der Waals surface area (Å²) in [4.78, 5) is 15.8. The highest BCUT2D eigenvalue weighted by atomic mass is 32.1. The van der Waals surface area contributed by atoms with E-state index in [1.165, 1.54) is 11.5 Å². The number of rotatable bonds is 6. The van der Waals surface area contributed by atoms with Gasteiger partial charge in [0.05, 0.1) is 0 Å². The maximum absolute atomic E-state index is 11.6. The number of anilines is 2. The molecule has 6 heteroatoms. The van der Waals surface area contributed by atoms with Gasteiger partial charge >= 0.3 is 0 Å². The van der Waals surface area contributed by atoms with Crippen LogP contribution in [0.1, 0.15) is 31.2 Å². The molecule has 0 fully saturated rings. The number of aryl methyl sites for hydroxylation is 1. The van der Waals surface area contributed by atoms with Crippen molar-refractivity contribution in [2.75, 3.05) is 10.6 Å². The number of nitrogens with one attached hydrogen (secondary N) is 2. The maximum atomic E-state index is 11.6. The number of benzene rings is 1. The summed E-state index contributed by atoms with van der Waals surface area (Å²) < 4.78 is 4.12. The van der Waals surface area contributed by atoms with Crippen LogP contribution in [0.4, 0.5) is 10.8 Å². The Hall–Kier alpha value is -1.95. The summed E-state index contributed by atoms with van der Waals surface area (Å²) in [5.74, 6) is 0.829. The zero-order valence-corrected chi connectivity index (χ0v) is 12.5. The molecule has 20 heavy (non-hydrogen) atoms. The zero-order chi connectivity index (χ0) is 14.4. The third-order valence-electron chi connectivity index (χ3n) is 2.66. The summed E-state index contributed by atoms with van der Waals surface area (Å²) in [6.07, 6.45) is 1.40. The first-order chi connectivity index (χ1) is 9.67. The van der Waals surface area contributed by atoms with Crippen LogP contribution in [-0.4, -0.2) is 15.3 Å². The molecule has 0 aliphatic carbocycles. The number of aromatic nitrogens is 2. The SMILES string of the molecule is CCCC(=O)Nc1cccc(CNc2nc(C)ns2)c1. The second-order valence-electron chi connectivity index (χ2n) is 4.50. The Morgan fingerprint density at radius 3 is 2.95 bits per heavy atom. The van der Waals surface area contributed by atoms with E-state index >= 15 is 0 Å². The number of hydrogen-bond acceptors (Lipinski definition) is 5. The predicted octanol–water partition coefficient (Wildman–Crippen LogP) is 3.20. The molecule has 2 rings (SSSR count). The van der Waals surface area contributed by atoms with Crippen molar-refractivity contribution in [1.29, 1.82) is 0 Å². The molecule has 1 aromatic heterocycles. The van der Waals surface area contributed by atoms with Gasteiger partial charge in [0.1, 0.15) is 5.82 Å². The average molecular weight is 290 g/mol. The highest BCUT2D eigenvalue weighted by molar-refractivity contribution is 7.09. The molecule has 0 unspecified atom stereocenters. The molecule has 1 heterocycles. The molecule has 0 radical (unpaired) electrons. The van der Waals surface area contributed by atoms with Crippen LogP contribution in [0.5, 0.6) is 0 Å². The molecule has 0 atom stereocenters. The summed E-state index contributed by atoms with van der Waals surface area (Å²) in [5, 5.41) is 6.92. The topological polar surface area (TPSA) is 66.9 Å². The van der Waals surface area contributed by atoms with Crippen molar-refractivity contribution >= 4 is 28.3 Å². The fourth-order valence-electron chi connectivity index (χ4n) is 1.76. The van der Waals surface area contributed by atoms with E-state index in [4.69, 9.17) is 0 Å². The van der Waals surface area contributed by atoms with E-state index in [0.29, 0.717) is 13.0 Å². The van der Waals surface area contributed by atoms with Crippen molar-refractivity contribution in [3.63, 3.8) is 0 Å². The first kappa shape index (κ1) is 14.5. The van der Waals surface area contributed by atoms with Crippen LogP contribution in [0.15, 0.2) is 24.3 Å². The molecular formula is C14H18N4OS. The Balaban J connectivity index is 1.93. The second-order valence-corrected chi connectivity index (χ2v) is 5.25. The molecule has 2 N–H and O–H groups in total.